The molecule has 0 aliphatic carbocycles. The largest absolute Gasteiger partial charge is 0.453 e. The Morgan fingerprint density at radius 1 is 0.396 bits per heavy atom. The lowest BCUT2D eigenvalue weighted by Crippen LogP contribution is -2.57. The maximum Gasteiger partial charge on any atom is 0.248 e. The van der Waals surface area contributed by atoms with Gasteiger partial charge in [-0.05, 0) is 90.1 Å². The first kappa shape index (κ1) is 28.8. The third kappa shape index (κ3) is 3.99. The molecule has 0 saturated carbocycles. The normalized spacial score (nSPS) is 12.6. The molecule has 0 bridgehead atoms. The number of benzene rings is 9. The standard InChI is InChI=1S/C50H30BNO/c1-4-15-31(16-5-1)36-27-39(32-17-6-2-7-18-32)47(40(28-36)33-19-8-3-9-20-33)51-41-25-14-26-43-48(41)52-49-42(51)29-34-21-10-12-23-37(34)45(49)46-38-24-13-11-22-35(38)30-44(53-43)50(46)52/h1-30H. The van der Waals surface area contributed by atoms with Crippen LogP contribution in [0.5, 0.6) is 11.5 Å². The maximum atomic E-state index is 6.98. The Hall–Kier alpha value is -6.84. The smallest absolute Gasteiger partial charge is 0.248 e. The summed E-state index contributed by atoms with van der Waals surface area (Å²) >= 11 is 0. The predicted molar refractivity (Wildman–Crippen MR) is 223 cm³/mol. The fraction of sp³-hybridized carbons (Fsp3) is 0. The van der Waals surface area contributed by atoms with Gasteiger partial charge in [0.15, 0.2) is 11.5 Å². The lowest BCUT2D eigenvalue weighted by Gasteiger charge is -2.33. The third-order valence-corrected chi connectivity index (χ3v) is 11.6. The van der Waals surface area contributed by atoms with Crippen molar-refractivity contribution >= 4 is 66.5 Å². The van der Waals surface area contributed by atoms with Crippen molar-refractivity contribution in [3.8, 4) is 50.6 Å². The second-order valence-corrected chi connectivity index (χ2v) is 14.4. The minimum absolute atomic E-state index is 0.0829. The van der Waals surface area contributed by atoms with Crippen molar-refractivity contribution in [2.24, 2.45) is 0 Å². The highest BCUT2D eigenvalue weighted by Gasteiger charge is 2.41. The molecule has 0 atom stereocenters. The summed E-state index contributed by atoms with van der Waals surface area (Å²) in [7, 11) is 0. The summed E-state index contributed by atoms with van der Waals surface area (Å²) in [6.07, 6.45) is 0. The first-order valence-electron chi connectivity index (χ1n) is 18.4. The van der Waals surface area contributed by atoms with Gasteiger partial charge in [-0.15, -0.1) is 0 Å². The summed E-state index contributed by atoms with van der Waals surface area (Å²) in [6.45, 7) is -0.0829. The van der Waals surface area contributed by atoms with E-state index in [1.165, 1.54) is 87.6 Å². The summed E-state index contributed by atoms with van der Waals surface area (Å²) < 4.78 is 9.52. The molecule has 2 aliphatic heterocycles. The van der Waals surface area contributed by atoms with E-state index >= 15 is 0 Å². The maximum absolute atomic E-state index is 6.98. The van der Waals surface area contributed by atoms with E-state index in [-0.39, 0.29) is 6.71 Å². The number of hydrogen-bond acceptors (Lipinski definition) is 1. The van der Waals surface area contributed by atoms with Crippen molar-refractivity contribution in [3.05, 3.63) is 182 Å². The van der Waals surface area contributed by atoms with Crippen LogP contribution in [0.25, 0.3) is 82.4 Å². The van der Waals surface area contributed by atoms with Crippen LogP contribution >= 0.6 is 0 Å². The van der Waals surface area contributed by atoms with Gasteiger partial charge in [0.05, 0.1) is 16.7 Å². The van der Waals surface area contributed by atoms with Crippen LogP contribution in [0.2, 0.25) is 0 Å². The van der Waals surface area contributed by atoms with Crippen molar-refractivity contribution in [1.29, 1.82) is 0 Å². The molecule has 0 unspecified atom stereocenters. The van der Waals surface area contributed by atoms with Gasteiger partial charge in [0, 0.05) is 10.8 Å². The van der Waals surface area contributed by atoms with E-state index in [0.29, 0.717) is 0 Å². The quantitative estimate of drug-likeness (QED) is 0.170. The molecule has 0 fully saturated rings. The van der Waals surface area contributed by atoms with Crippen molar-refractivity contribution in [1.82, 2.24) is 4.57 Å². The van der Waals surface area contributed by atoms with Gasteiger partial charge in [-0.25, -0.2) is 0 Å². The van der Waals surface area contributed by atoms with Crippen LogP contribution in [0.4, 0.5) is 0 Å². The molecule has 3 heterocycles. The molecular formula is C50H30BNO. The van der Waals surface area contributed by atoms with Crippen molar-refractivity contribution in [3.63, 3.8) is 0 Å². The molecule has 2 aliphatic rings. The molecule has 0 amide bonds. The first-order valence-corrected chi connectivity index (χ1v) is 18.4. The van der Waals surface area contributed by atoms with Crippen LogP contribution in [0.3, 0.4) is 0 Å². The van der Waals surface area contributed by atoms with Crippen LogP contribution in [0, 0.1) is 0 Å². The Balaban J connectivity index is 1.31. The van der Waals surface area contributed by atoms with Crippen LogP contribution in [-0.4, -0.2) is 11.3 Å². The number of fused-ring (bicyclic) bond motifs is 5. The molecule has 12 rings (SSSR count). The Kier molecular flexibility index (Phi) is 5.89. The average molecular weight is 672 g/mol. The zero-order chi connectivity index (χ0) is 34.6. The van der Waals surface area contributed by atoms with Gasteiger partial charge in [-0.1, -0.05) is 163 Å². The van der Waals surface area contributed by atoms with Crippen LogP contribution in [-0.2, 0) is 0 Å². The van der Waals surface area contributed by atoms with Crippen LogP contribution < -0.4 is 21.1 Å². The lowest BCUT2D eigenvalue weighted by atomic mass is 9.33. The molecule has 0 radical (unpaired) electrons. The lowest BCUT2D eigenvalue weighted by molar-refractivity contribution is 0.477. The minimum Gasteiger partial charge on any atom is -0.453 e. The Morgan fingerprint density at radius 3 is 1.58 bits per heavy atom. The molecule has 0 N–H and O–H groups in total. The van der Waals surface area contributed by atoms with E-state index in [0.717, 1.165) is 22.7 Å². The Labute approximate surface area is 307 Å². The highest BCUT2D eigenvalue weighted by Crippen LogP contribution is 2.50. The summed E-state index contributed by atoms with van der Waals surface area (Å²) in [5.74, 6) is 1.81. The molecule has 2 nitrogen and oxygen atoms in total. The second-order valence-electron chi connectivity index (χ2n) is 14.4. The number of rotatable bonds is 4. The van der Waals surface area contributed by atoms with Gasteiger partial charge < -0.3 is 9.30 Å². The summed E-state index contributed by atoms with van der Waals surface area (Å²) in [6, 6.07) is 66.7. The number of aromatic nitrogens is 1. The highest BCUT2D eigenvalue weighted by molar-refractivity contribution is 6.99. The van der Waals surface area contributed by atoms with Gasteiger partial charge in [-0.3, -0.25) is 0 Å². The van der Waals surface area contributed by atoms with Gasteiger partial charge in [0.25, 0.3) is 0 Å². The van der Waals surface area contributed by atoms with Gasteiger partial charge in [-0.2, -0.15) is 0 Å². The molecule has 53 heavy (non-hydrogen) atoms. The second kappa shape index (κ2) is 10.8. The average Bonchev–Trinajstić information content (AvgIpc) is 3.60. The van der Waals surface area contributed by atoms with Crippen LogP contribution in [0.1, 0.15) is 0 Å². The third-order valence-electron chi connectivity index (χ3n) is 11.6. The Bertz CT molecular complexity index is 3070. The zero-order valence-electron chi connectivity index (χ0n) is 28.8. The number of hydrogen-bond donors (Lipinski definition) is 0. The highest BCUT2D eigenvalue weighted by atomic mass is 16.5. The van der Waals surface area contributed by atoms with E-state index in [9.17, 15) is 0 Å². The molecular weight excluding hydrogens is 641 g/mol. The topological polar surface area (TPSA) is 14.2 Å². The Morgan fingerprint density at radius 2 is 0.943 bits per heavy atom. The minimum atomic E-state index is -0.0829. The molecule has 9 aromatic carbocycles. The van der Waals surface area contributed by atoms with Gasteiger partial charge in [0.1, 0.15) is 0 Å². The van der Waals surface area contributed by atoms with E-state index in [2.05, 4.69) is 187 Å². The van der Waals surface area contributed by atoms with Crippen molar-refractivity contribution < 1.29 is 4.74 Å². The fourth-order valence-electron chi connectivity index (χ4n) is 9.44. The zero-order valence-corrected chi connectivity index (χ0v) is 28.8. The molecule has 0 spiro atoms. The van der Waals surface area contributed by atoms with Crippen LogP contribution in [0.15, 0.2) is 182 Å². The summed E-state index contributed by atoms with van der Waals surface area (Å²) in [5, 5.41) is 7.51. The van der Waals surface area contributed by atoms with E-state index in [1.54, 1.807) is 0 Å². The first-order chi connectivity index (χ1) is 26.3. The fourth-order valence-corrected chi connectivity index (χ4v) is 9.44. The molecule has 0 saturated heterocycles. The van der Waals surface area contributed by atoms with Gasteiger partial charge in [0.2, 0.25) is 6.71 Å². The predicted octanol–water partition coefficient (Wildman–Crippen LogP) is 11.0. The number of nitrogens with zero attached hydrogens (tertiary/aromatic N) is 1. The van der Waals surface area contributed by atoms with E-state index < -0.39 is 0 Å². The molecule has 1 aromatic heterocycles. The molecule has 3 heteroatoms. The van der Waals surface area contributed by atoms with Crippen molar-refractivity contribution in [2.45, 2.75) is 0 Å². The summed E-state index contributed by atoms with van der Waals surface area (Å²) in [5.41, 5.74) is 14.7. The monoisotopic (exact) mass is 671 g/mol. The SMILES string of the molecule is c1ccc(-c2cc(-c3ccccc3)c(B3c4cccc5c4-n4c6c(cc7ccccc7c6c6c7ccccc7cc3c64)O5)c(-c3ccccc3)c2)cc1. The van der Waals surface area contributed by atoms with Crippen molar-refractivity contribution in [2.75, 3.05) is 0 Å². The number of ether oxygens (including phenoxy) is 1. The molecule has 10 aromatic rings. The number of para-hydroxylation sites is 1. The van der Waals surface area contributed by atoms with E-state index in [4.69, 9.17) is 4.74 Å². The summed E-state index contributed by atoms with van der Waals surface area (Å²) in [4.78, 5) is 0. The van der Waals surface area contributed by atoms with E-state index in [1.807, 2.05) is 0 Å². The molecule has 244 valence electrons. The van der Waals surface area contributed by atoms with Gasteiger partial charge >= 0.3 is 0 Å².